The number of hydrogen-bond donors (Lipinski definition) is 2. The number of carbonyl (C=O) groups is 1. The van der Waals surface area contributed by atoms with E-state index in [1.165, 1.54) is 6.20 Å². The highest BCUT2D eigenvalue weighted by Gasteiger charge is 2.27. The van der Waals surface area contributed by atoms with Crippen LogP contribution in [0.15, 0.2) is 36.5 Å². The van der Waals surface area contributed by atoms with Crippen molar-refractivity contribution in [3.05, 3.63) is 63.5 Å². The highest BCUT2D eigenvalue weighted by Crippen LogP contribution is 2.32. The van der Waals surface area contributed by atoms with Crippen LogP contribution in [0.3, 0.4) is 0 Å². The molecule has 7 heteroatoms. The zero-order chi connectivity index (χ0) is 17.7. The Morgan fingerprint density at radius 1 is 1.29 bits per heavy atom. The Balaban J connectivity index is 2.43. The summed E-state index contributed by atoms with van der Waals surface area (Å²) in [6.07, 6.45) is 2.12. The molecule has 0 fully saturated rings. The number of nitrogens with one attached hydrogen (secondary N) is 1. The van der Waals surface area contributed by atoms with Gasteiger partial charge in [-0.25, -0.2) is 4.79 Å². The topological polar surface area (TPSA) is 105 Å². The predicted molar refractivity (Wildman–Crippen MR) is 90.5 cm³/mol. The molecule has 0 atom stereocenters. The van der Waals surface area contributed by atoms with Crippen LogP contribution in [0.4, 0.5) is 11.4 Å². The van der Waals surface area contributed by atoms with Crippen molar-refractivity contribution >= 4 is 17.3 Å². The second-order valence-corrected chi connectivity index (χ2v) is 5.69. The van der Waals surface area contributed by atoms with Crippen molar-refractivity contribution in [2.24, 2.45) is 0 Å². The monoisotopic (exact) mass is 329 g/mol. The lowest BCUT2D eigenvalue weighted by atomic mass is 10.0. The molecule has 7 nitrogen and oxygen atoms in total. The van der Waals surface area contributed by atoms with Crippen LogP contribution < -0.4 is 5.32 Å². The molecule has 0 amide bonds. The number of anilines is 1. The summed E-state index contributed by atoms with van der Waals surface area (Å²) < 4.78 is 0. The summed E-state index contributed by atoms with van der Waals surface area (Å²) in [4.78, 5) is 26.4. The molecule has 24 heavy (non-hydrogen) atoms. The fourth-order valence-corrected chi connectivity index (χ4v) is 2.42. The van der Waals surface area contributed by atoms with Crippen LogP contribution in [0.2, 0.25) is 0 Å². The van der Waals surface area contributed by atoms with E-state index < -0.39 is 10.9 Å². The van der Waals surface area contributed by atoms with E-state index in [2.05, 4.69) is 10.3 Å². The largest absolute Gasteiger partial charge is 0.478 e. The maximum Gasteiger partial charge on any atom is 0.339 e. The minimum atomic E-state index is -1.25. The van der Waals surface area contributed by atoms with E-state index in [0.29, 0.717) is 12.8 Å². The highest BCUT2D eigenvalue weighted by atomic mass is 16.6. The van der Waals surface area contributed by atoms with Gasteiger partial charge in [0.1, 0.15) is 16.9 Å². The normalized spacial score (nSPS) is 10.6. The number of benzene rings is 1. The molecular formula is C17H19N3O4. The molecule has 1 aromatic heterocycles. The van der Waals surface area contributed by atoms with Gasteiger partial charge in [-0.15, -0.1) is 0 Å². The maximum absolute atomic E-state index is 11.5. The van der Waals surface area contributed by atoms with E-state index in [1.54, 1.807) is 13.8 Å². The highest BCUT2D eigenvalue weighted by molar-refractivity contribution is 5.96. The van der Waals surface area contributed by atoms with Crippen LogP contribution in [0.25, 0.3) is 0 Å². The van der Waals surface area contributed by atoms with Gasteiger partial charge in [-0.1, -0.05) is 30.3 Å². The summed E-state index contributed by atoms with van der Waals surface area (Å²) >= 11 is 0. The van der Waals surface area contributed by atoms with Crippen LogP contribution >= 0.6 is 0 Å². The number of hydrogen-bond acceptors (Lipinski definition) is 5. The van der Waals surface area contributed by atoms with Crippen LogP contribution in [0, 0.1) is 10.1 Å². The summed E-state index contributed by atoms with van der Waals surface area (Å²) in [5, 5.41) is 23.7. The third-order valence-corrected chi connectivity index (χ3v) is 3.47. The molecule has 0 aliphatic rings. The second-order valence-electron chi connectivity index (χ2n) is 5.69. The van der Waals surface area contributed by atoms with E-state index in [1.807, 2.05) is 30.3 Å². The molecular weight excluding hydrogens is 310 g/mol. The van der Waals surface area contributed by atoms with E-state index >= 15 is 0 Å². The van der Waals surface area contributed by atoms with E-state index in [9.17, 15) is 20.0 Å². The maximum atomic E-state index is 11.5. The first-order chi connectivity index (χ1) is 11.4. The molecule has 0 saturated carbocycles. The van der Waals surface area contributed by atoms with Crippen molar-refractivity contribution in [3.63, 3.8) is 0 Å². The molecule has 0 saturated heterocycles. The Labute approximate surface area is 139 Å². The van der Waals surface area contributed by atoms with Gasteiger partial charge in [0.2, 0.25) is 0 Å². The third-order valence-electron chi connectivity index (χ3n) is 3.47. The number of aromatic carboxylic acids is 1. The molecule has 0 radical (unpaired) electrons. The number of aryl methyl sites for hydroxylation is 2. The predicted octanol–water partition coefficient (Wildman–Crippen LogP) is 3.29. The van der Waals surface area contributed by atoms with Gasteiger partial charge in [0, 0.05) is 18.7 Å². The number of carboxylic acids is 1. The SMILES string of the molecule is CC(C)Nc1c(C(=O)O)cnc(CCc2ccccc2)c1[N+](=O)[O-]. The molecule has 2 aromatic rings. The van der Waals surface area contributed by atoms with Gasteiger partial charge in [-0.05, 0) is 25.8 Å². The molecule has 1 heterocycles. The standard InChI is InChI=1S/C17H19N3O4/c1-11(2)19-15-13(17(21)22)10-18-14(16(15)20(23)24)9-8-12-6-4-3-5-7-12/h3-7,10-11H,8-9H2,1-2H3,(H,18,19)(H,21,22). The van der Waals surface area contributed by atoms with Crippen molar-refractivity contribution in [2.45, 2.75) is 32.7 Å². The quantitative estimate of drug-likeness (QED) is 0.596. The van der Waals surface area contributed by atoms with Gasteiger partial charge in [-0.3, -0.25) is 15.1 Å². The molecule has 0 spiro atoms. The molecule has 0 bridgehead atoms. The van der Waals surface area contributed by atoms with Crippen LogP contribution in [0.5, 0.6) is 0 Å². The Bertz CT molecular complexity index is 745. The molecule has 0 aliphatic heterocycles. The van der Waals surface area contributed by atoms with Gasteiger partial charge >= 0.3 is 11.7 Å². The first-order valence-electron chi connectivity index (χ1n) is 7.60. The van der Waals surface area contributed by atoms with Crippen molar-refractivity contribution < 1.29 is 14.8 Å². The number of carboxylic acid groups (broad SMARTS) is 1. The first kappa shape index (κ1) is 17.4. The summed E-state index contributed by atoms with van der Waals surface area (Å²) in [5.74, 6) is -1.25. The number of nitro groups is 1. The van der Waals surface area contributed by atoms with Gasteiger partial charge in [0.15, 0.2) is 0 Å². The Morgan fingerprint density at radius 3 is 2.50 bits per heavy atom. The van der Waals surface area contributed by atoms with Crippen molar-refractivity contribution in [3.8, 4) is 0 Å². The van der Waals surface area contributed by atoms with Gasteiger partial charge in [0.25, 0.3) is 0 Å². The number of nitrogens with zero attached hydrogens (tertiary/aromatic N) is 2. The lowest BCUT2D eigenvalue weighted by Crippen LogP contribution is -2.17. The van der Waals surface area contributed by atoms with Crippen molar-refractivity contribution in [2.75, 3.05) is 5.32 Å². The zero-order valence-electron chi connectivity index (χ0n) is 13.5. The summed E-state index contributed by atoms with van der Waals surface area (Å²) in [6.45, 7) is 3.58. The zero-order valence-corrected chi connectivity index (χ0v) is 13.5. The average Bonchev–Trinajstić information content (AvgIpc) is 2.52. The minimum absolute atomic E-state index is 0.0144. The lowest BCUT2D eigenvalue weighted by Gasteiger charge is -2.14. The molecule has 0 unspecified atom stereocenters. The molecule has 2 N–H and O–H groups in total. The van der Waals surface area contributed by atoms with Gasteiger partial charge < -0.3 is 10.4 Å². The fourth-order valence-electron chi connectivity index (χ4n) is 2.42. The fraction of sp³-hybridized carbons (Fsp3) is 0.294. The van der Waals surface area contributed by atoms with Crippen LogP contribution in [-0.4, -0.2) is 27.0 Å². The van der Waals surface area contributed by atoms with Crippen molar-refractivity contribution in [1.82, 2.24) is 4.98 Å². The Kier molecular flexibility index (Phi) is 5.47. The Morgan fingerprint density at radius 2 is 1.96 bits per heavy atom. The van der Waals surface area contributed by atoms with Crippen LogP contribution in [-0.2, 0) is 12.8 Å². The van der Waals surface area contributed by atoms with E-state index in [0.717, 1.165) is 5.56 Å². The second kappa shape index (κ2) is 7.54. The minimum Gasteiger partial charge on any atom is -0.478 e. The van der Waals surface area contributed by atoms with Gasteiger partial charge in [0.05, 0.1) is 4.92 Å². The smallest absolute Gasteiger partial charge is 0.339 e. The number of aromatic nitrogens is 1. The van der Waals surface area contributed by atoms with Crippen molar-refractivity contribution in [1.29, 1.82) is 0 Å². The molecule has 1 aromatic carbocycles. The third kappa shape index (κ3) is 4.07. The summed E-state index contributed by atoms with van der Waals surface area (Å²) in [7, 11) is 0. The summed E-state index contributed by atoms with van der Waals surface area (Å²) in [6, 6.07) is 9.42. The first-order valence-corrected chi connectivity index (χ1v) is 7.60. The van der Waals surface area contributed by atoms with Crippen LogP contribution in [0.1, 0.15) is 35.5 Å². The number of rotatable bonds is 7. The summed E-state index contributed by atoms with van der Waals surface area (Å²) in [5.41, 5.74) is 0.866. The Hall–Kier alpha value is -2.96. The molecule has 126 valence electrons. The van der Waals surface area contributed by atoms with E-state index in [-0.39, 0.29) is 28.7 Å². The number of pyridine rings is 1. The molecule has 0 aliphatic carbocycles. The van der Waals surface area contributed by atoms with E-state index in [4.69, 9.17) is 0 Å². The molecule has 2 rings (SSSR count). The average molecular weight is 329 g/mol. The van der Waals surface area contributed by atoms with Gasteiger partial charge in [-0.2, -0.15) is 0 Å². The lowest BCUT2D eigenvalue weighted by molar-refractivity contribution is -0.385.